The fraction of sp³-hybridized carbons (Fsp3) is 0.194. The van der Waals surface area contributed by atoms with E-state index in [4.69, 9.17) is 16.3 Å². The van der Waals surface area contributed by atoms with Crippen LogP contribution in [-0.2, 0) is 13.0 Å². The molecule has 0 bridgehead atoms. The smallest absolute Gasteiger partial charge is 0.273 e. The number of carbonyl (C=O) groups is 1. The first-order valence-corrected chi connectivity index (χ1v) is 13.0. The van der Waals surface area contributed by atoms with Gasteiger partial charge in [0, 0.05) is 28.9 Å². The summed E-state index contributed by atoms with van der Waals surface area (Å²) in [5.74, 6) is 0.461. The molecule has 1 amide bonds. The van der Waals surface area contributed by atoms with Crippen LogP contribution in [0.4, 0.5) is 5.69 Å². The highest BCUT2D eigenvalue weighted by molar-refractivity contribution is 6.30. The van der Waals surface area contributed by atoms with E-state index in [-0.39, 0.29) is 5.91 Å². The highest BCUT2D eigenvalue weighted by atomic mass is 35.5. The molecule has 0 atom stereocenters. The number of para-hydroxylation sites is 2. The molecular formula is C31H28ClN3O2. The van der Waals surface area contributed by atoms with Gasteiger partial charge in [-0.15, -0.1) is 0 Å². The van der Waals surface area contributed by atoms with Crippen molar-refractivity contribution in [1.82, 2.24) is 8.97 Å². The number of imidazole rings is 1. The van der Waals surface area contributed by atoms with Crippen molar-refractivity contribution in [3.05, 3.63) is 101 Å². The summed E-state index contributed by atoms with van der Waals surface area (Å²) in [7, 11) is 1.61. The molecule has 0 fully saturated rings. The summed E-state index contributed by atoms with van der Waals surface area (Å²) in [4.78, 5) is 14.1. The first-order chi connectivity index (χ1) is 18.0. The lowest BCUT2D eigenvalue weighted by Crippen LogP contribution is -2.16. The Bertz CT molecular complexity index is 1610. The van der Waals surface area contributed by atoms with Gasteiger partial charge in [-0.3, -0.25) is 9.20 Å². The van der Waals surface area contributed by atoms with Gasteiger partial charge in [0.15, 0.2) is 0 Å². The molecule has 0 aliphatic carbocycles. The summed E-state index contributed by atoms with van der Waals surface area (Å²) in [6.07, 6.45) is 5.16. The van der Waals surface area contributed by atoms with Gasteiger partial charge in [-0.25, -0.2) is 0 Å². The zero-order chi connectivity index (χ0) is 25.5. The Kier molecular flexibility index (Phi) is 6.01. The lowest BCUT2D eigenvalue weighted by atomic mass is 9.97. The average molecular weight is 510 g/mol. The summed E-state index contributed by atoms with van der Waals surface area (Å²) in [6.45, 7) is 2.98. The standard InChI is InChI=1S/C31H28ClN3O2/c1-20-10-12-22(13-11-20)28-24-7-5-6-18-34-26(21-14-16-23(32)17-15-21)19-35(31(24)34)29(28)30(36)33-25-8-3-4-9-27(25)37-2/h3-4,8-17,19H,5-7,18H2,1-2H3,(H,33,36). The van der Waals surface area contributed by atoms with Crippen LogP contribution in [0.2, 0.25) is 5.02 Å². The van der Waals surface area contributed by atoms with E-state index < -0.39 is 0 Å². The number of carbonyl (C=O) groups excluding carboxylic acids is 1. The largest absolute Gasteiger partial charge is 0.495 e. The van der Waals surface area contributed by atoms with Crippen molar-refractivity contribution >= 4 is 28.8 Å². The average Bonchev–Trinajstić information content (AvgIpc) is 3.33. The van der Waals surface area contributed by atoms with Gasteiger partial charge in [-0.05, 0) is 61.6 Å². The zero-order valence-electron chi connectivity index (χ0n) is 20.9. The van der Waals surface area contributed by atoms with Crippen LogP contribution in [0, 0.1) is 6.92 Å². The van der Waals surface area contributed by atoms with E-state index in [0.29, 0.717) is 22.2 Å². The minimum atomic E-state index is -0.165. The molecule has 1 aliphatic rings. The highest BCUT2D eigenvalue weighted by Gasteiger charge is 2.30. The van der Waals surface area contributed by atoms with E-state index in [0.717, 1.165) is 53.8 Å². The third-order valence-electron chi connectivity index (χ3n) is 7.18. The van der Waals surface area contributed by atoms with E-state index >= 15 is 0 Å². The molecule has 37 heavy (non-hydrogen) atoms. The molecule has 186 valence electrons. The van der Waals surface area contributed by atoms with Crippen LogP contribution in [0.5, 0.6) is 5.75 Å². The summed E-state index contributed by atoms with van der Waals surface area (Å²) in [6, 6.07) is 23.9. The summed E-state index contributed by atoms with van der Waals surface area (Å²) in [5, 5.41) is 3.83. The first-order valence-electron chi connectivity index (χ1n) is 12.6. The Hall–Kier alpha value is -3.96. The second-order valence-corrected chi connectivity index (χ2v) is 9.98. The topological polar surface area (TPSA) is 47.7 Å². The maximum atomic E-state index is 14.1. The van der Waals surface area contributed by atoms with Crippen molar-refractivity contribution in [1.29, 1.82) is 0 Å². The number of nitrogens with one attached hydrogen (secondary N) is 1. The predicted molar refractivity (Wildman–Crippen MR) is 150 cm³/mol. The highest BCUT2D eigenvalue weighted by Crippen LogP contribution is 2.40. The molecule has 6 heteroatoms. The predicted octanol–water partition coefficient (Wildman–Crippen LogP) is 7.63. The van der Waals surface area contributed by atoms with Gasteiger partial charge < -0.3 is 14.6 Å². The van der Waals surface area contributed by atoms with E-state index in [1.165, 1.54) is 11.1 Å². The fourth-order valence-electron chi connectivity index (χ4n) is 5.42. The lowest BCUT2D eigenvalue weighted by Gasteiger charge is -2.12. The minimum absolute atomic E-state index is 0.165. The van der Waals surface area contributed by atoms with Crippen molar-refractivity contribution in [2.75, 3.05) is 12.4 Å². The summed E-state index contributed by atoms with van der Waals surface area (Å²) < 4.78 is 9.96. The maximum Gasteiger partial charge on any atom is 0.273 e. The van der Waals surface area contributed by atoms with Crippen LogP contribution in [0.25, 0.3) is 28.0 Å². The number of aryl methyl sites for hydroxylation is 3. The Morgan fingerprint density at radius 3 is 2.43 bits per heavy atom. The molecule has 0 radical (unpaired) electrons. The first kappa shape index (κ1) is 23.4. The quantitative estimate of drug-likeness (QED) is 0.264. The van der Waals surface area contributed by atoms with Gasteiger partial charge >= 0.3 is 0 Å². The Balaban J connectivity index is 1.60. The van der Waals surface area contributed by atoms with Crippen LogP contribution < -0.4 is 10.1 Å². The summed E-state index contributed by atoms with van der Waals surface area (Å²) in [5.41, 5.74) is 8.98. The zero-order valence-corrected chi connectivity index (χ0v) is 21.7. The fourth-order valence-corrected chi connectivity index (χ4v) is 5.55. The van der Waals surface area contributed by atoms with Crippen molar-refractivity contribution in [2.24, 2.45) is 0 Å². The van der Waals surface area contributed by atoms with Gasteiger partial charge in [0.25, 0.3) is 5.91 Å². The number of hydrogen-bond acceptors (Lipinski definition) is 2. The van der Waals surface area contributed by atoms with Crippen molar-refractivity contribution in [2.45, 2.75) is 32.7 Å². The van der Waals surface area contributed by atoms with Crippen LogP contribution in [0.1, 0.15) is 34.5 Å². The number of hydrogen-bond donors (Lipinski definition) is 1. The molecular weight excluding hydrogens is 482 g/mol. The molecule has 1 N–H and O–H groups in total. The molecule has 0 saturated carbocycles. The second-order valence-electron chi connectivity index (χ2n) is 9.55. The molecule has 3 aromatic carbocycles. The Morgan fingerprint density at radius 2 is 1.68 bits per heavy atom. The van der Waals surface area contributed by atoms with Crippen LogP contribution in [-0.4, -0.2) is 22.0 Å². The number of methoxy groups -OCH3 is 1. The number of anilines is 1. The minimum Gasteiger partial charge on any atom is -0.495 e. The molecule has 5 nitrogen and oxygen atoms in total. The number of amides is 1. The molecule has 3 heterocycles. The van der Waals surface area contributed by atoms with E-state index in [9.17, 15) is 4.79 Å². The van der Waals surface area contributed by atoms with Crippen LogP contribution in [0.3, 0.4) is 0 Å². The molecule has 1 aliphatic heterocycles. The number of nitrogens with zero attached hydrogens (tertiary/aromatic N) is 2. The maximum absolute atomic E-state index is 14.1. The van der Waals surface area contributed by atoms with E-state index in [2.05, 4.69) is 51.7 Å². The van der Waals surface area contributed by atoms with E-state index in [1.54, 1.807) is 7.11 Å². The van der Waals surface area contributed by atoms with Crippen molar-refractivity contribution in [3.63, 3.8) is 0 Å². The number of rotatable bonds is 5. The lowest BCUT2D eigenvalue weighted by molar-refractivity contribution is 0.102. The molecule has 5 aromatic rings. The third kappa shape index (κ3) is 4.09. The number of ether oxygens (including phenoxy) is 1. The summed E-state index contributed by atoms with van der Waals surface area (Å²) >= 11 is 6.19. The number of halogens is 1. The SMILES string of the molecule is COc1ccccc1NC(=O)c1c(-c2ccc(C)cc2)c2c3n(c(-c4ccc(Cl)cc4)cn13)CCCC2. The molecule has 0 spiro atoms. The van der Waals surface area contributed by atoms with Gasteiger partial charge in [0.05, 0.1) is 18.5 Å². The Morgan fingerprint density at radius 1 is 0.946 bits per heavy atom. The van der Waals surface area contributed by atoms with Gasteiger partial charge in [-0.2, -0.15) is 0 Å². The number of benzene rings is 3. The van der Waals surface area contributed by atoms with Crippen molar-refractivity contribution in [3.8, 4) is 28.1 Å². The Labute approximate surface area is 221 Å². The molecule has 2 aromatic heterocycles. The van der Waals surface area contributed by atoms with Gasteiger partial charge in [0.1, 0.15) is 17.1 Å². The third-order valence-corrected chi connectivity index (χ3v) is 7.44. The van der Waals surface area contributed by atoms with Crippen LogP contribution in [0.15, 0.2) is 79.0 Å². The molecule has 0 saturated heterocycles. The number of aromatic nitrogens is 2. The molecule has 6 rings (SSSR count). The molecule has 0 unspecified atom stereocenters. The monoisotopic (exact) mass is 509 g/mol. The van der Waals surface area contributed by atoms with Crippen molar-refractivity contribution < 1.29 is 9.53 Å². The normalized spacial score (nSPS) is 12.9. The van der Waals surface area contributed by atoms with Crippen LogP contribution >= 0.6 is 11.6 Å². The van der Waals surface area contributed by atoms with Gasteiger partial charge in [-0.1, -0.05) is 65.7 Å². The van der Waals surface area contributed by atoms with E-state index in [1.807, 2.05) is 48.5 Å². The second kappa shape index (κ2) is 9.49. The van der Waals surface area contributed by atoms with Gasteiger partial charge in [0.2, 0.25) is 0 Å².